The van der Waals surface area contributed by atoms with E-state index in [1.165, 1.54) is 11.8 Å². The molecular weight excluding hydrogens is 332 g/mol. The minimum absolute atomic E-state index is 0.0964. The molecule has 0 aliphatic carbocycles. The van der Waals surface area contributed by atoms with Crippen LogP contribution < -0.4 is 10.1 Å². The Balaban J connectivity index is 1.27. The highest BCUT2D eigenvalue weighted by molar-refractivity contribution is 5.93. The summed E-state index contributed by atoms with van der Waals surface area (Å²) in [5, 5.41) is 3.00. The molecule has 1 saturated heterocycles. The zero-order chi connectivity index (χ0) is 17.8. The summed E-state index contributed by atoms with van der Waals surface area (Å²) in [5.74, 6) is 1.96. The molecule has 0 spiro atoms. The number of furan rings is 1. The number of hydrogen-bond acceptors (Lipinski definition) is 5. The summed E-state index contributed by atoms with van der Waals surface area (Å²) >= 11 is 0. The van der Waals surface area contributed by atoms with E-state index in [1.54, 1.807) is 0 Å². The molecule has 0 radical (unpaired) electrons. The minimum Gasteiger partial charge on any atom is -0.493 e. The summed E-state index contributed by atoms with van der Waals surface area (Å²) < 4.78 is 16.7. The number of hydrogen-bond donors (Lipinski definition) is 1. The van der Waals surface area contributed by atoms with E-state index in [4.69, 9.17) is 13.9 Å². The number of para-hydroxylation sites is 1. The van der Waals surface area contributed by atoms with Crippen LogP contribution in [0, 0.1) is 5.92 Å². The molecule has 4 rings (SSSR count). The molecular formula is C20H24N2O4. The van der Waals surface area contributed by atoms with Crippen molar-refractivity contribution < 1.29 is 18.7 Å². The first-order chi connectivity index (χ1) is 12.8. The summed E-state index contributed by atoms with van der Waals surface area (Å²) in [7, 11) is 0. The lowest BCUT2D eigenvalue weighted by Crippen LogP contribution is -2.35. The van der Waals surface area contributed by atoms with E-state index in [0.29, 0.717) is 25.3 Å². The molecule has 1 fully saturated rings. The Bertz CT molecular complexity index is 752. The van der Waals surface area contributed by atoms with Gasteiger partial charge in [-0.3, -0.25) is 9.69 Å². The number of fused-ring (bicyclic) bond motifs is 1. The maximum absolute atomic E-state index is 12.4. The van der Waals surface area contributed by atoms with E-state index in [-0.39, 0.29) is 11.8 Å². The Labute approximate surface area is 153 Å². The fourth-order valence-electron chi connectivity index (χ4n) is 3.42. The first-order valence-corrected chi connectivity index (χ1v) is 9.14. The molecule has 3 heterocycles. The van der Waals surface area contributed by atoms with Gasteiger partial charge in [0.1, 0.15) is 17.8 Å². The lowest BCUT2D eigenvalue weighted by molar-refractivity contribution is 0.0313. The van der Waals surface area contributed by atoms with Crippen molar-refractivity contribution in [3.05, 3.63) is 53.5 Å². The molecule has 0 bridgehead atoms. The number of nitrogens with zero attached hydrogens (tertiary/aromatic N) is 1. The second kappa shape index (κ2) is 7.93. The zero-order valence-electron chi connectivity index (χ0n) is 14.8. The van der Waals surface area contributed by atoms with Crippen molar-refractivity contribution in [3.8, 4) is 5.75 Å². The number of ether oxygens (including phenoxy) is 2. The molecule has 1 aromatic heterocycles. The summed E-state index contributed by atoms with van der Waals surface area (Å²) in [4.78, 5) is 14.7. The molecule has 26 heavy (non-hydrogen) atoms. The Morgan fingerprint density at radius 1 is 1.23 bits per heavy atom. The summed E-state index contributed by atoms with van der Waals surface area (Å²) in [5.41, 5.74) is 1.78. The Morgan fingerprint density at radius 3 is 2.96 bits per heavy atom. The standard InChI is InChI=1S/C20H24N2O4/c23-20(17-10-18(25-14-17)12-22-5-7-24-8-6-22)21-11-15-9-16-3-1-2-4-19(16)26-13-15/h1-4,10,14-15H,5-9,11-13H2,(H,21,23)/t15-/m0/s1. The highest BCUT2D eigenvalue weighted by Crippen LogP contribution is 2.26. The lowest BCUT2D eigenvalue weighted by atomic mass is 9.97. The first-order valence-electron chi connectivity index (χ1n) is 9.14. The largest absolute Gasteiger partial charge is 0.493 e. The van der Waals surface area contributed by atoms with Crippen LogP contribution in [-0.2, 0) is 17.7 Å². The molecule has 1 aromatic carbocycles. The predicted octanol–water partition coefficient (Wildman–Crippen LogP) is 2.09. The first kappa shape index (κ1) is 17.1. The van der Waals surface area contributed by atoms with Crippen LogP contribution >= 0.6 is 0 Å². The van der Waals surface area contributed by atoms with Gasteiger partial charge in [-0.05, 0) is 24.1 Å². The number of amides is 1. The van der Waals surface area contributed by atoms with Crippen LogP contribution in [0.5, 0.6) is 5.75 Å². The minimum atomic E-state index is -0.0964. The van der Waals surface area contributed by atoms with Gasteiger partial charge in [-0.25, -0.2) is 0 Å². The SMILES string of the molecule is O=C(NC[C@H]1COc2ccccc2C1)c1coc(CN2CCOCC2)c1. The molecule has 2 aromatic rings. The van der Waals surface area contributed by atoms with E-state index in [0.717, 1.165) is 44.2 Å². The molecule has 1 N–H and O–H groups in total. The van der Waals surface area contributed by atoms with Gasteiger partial charge >= 0.3 is 0 Å². The second-order valence-corrected chi connectivity index (χ2v) is 6.89. The van der Waals surface area contributed by atoms with Crippen molar-refractivity contribution >= 4 is 5.91 Å². The second-order valence-electron chi connectivity index (χ2n) is 6.89. The Kier molecular flexibility index (Phi) is 5.22. The predicted molar refractivity (Wildman–Crippen MR) is 96.3 cm³/mol. The van der Waals surface area contributed by atoms with Gasteiger partial charge in [0.05, 0.1) is 31.9 Å². The van der Waals surface area contributed by atoms with Crippen LogP contribution in [0.4, 0.5) is 0 Å². The van der Waals surface area contributed by atoms with Crippen LogP contribution in [0.1, 0.15) is 21.7 Å². The van der Waals surface area contributed by atoms with Crippen molar-refractivity contribution in [3.63, 3.8) is 0 Å². The van der Waals surface area contributed by atoms with Gasteiger partial charge in [0, 0.05) is 25.6 Å². The molecule has 2 aliphatic rings. The summed E-state index contributed by atoms with van der Waals surface area (Å²) in [6, 6.07) is 9.90. The molecule has 6 heteroatoms. The van der Waals surface area contributed by atoms with Crippen LogP contribution in [0.3, 0.4) is 0 Å². The Hall–Kier alpha value is -2.31. The van der Waals surface area contributed by atoms with E-state index >= 15 is 0 Å². The van der Waals surface area contributed by atoms with Gasteiger partial charge in [0.25, 0.3) is 5.91 Å². The zero-order valence-corrected chi connectivity index (χ0v) is 14.8. The molecule has 1 amide bonds. The summed E-state index contributed by atoms with van der Waals surface area (Å²) in [6.45, 7) is 5.23. The number of carbonyl (C=O) groups excluding carboxylic acids is 1. The van der Waals surface area contributed by atoms with E-state index in [9.17, 15) is 4.79 Å². The van der Waals surface area contributed by atoms with Crippen molar-refractivity contribution in [1.82, 2.24) is 10.2 Å². The average molecular weight is 356 g/mol. The van der Waals surface area contributed by atoms with Crippen LogP contribution in [-0.4, -0.2) is 50.3 Å². The number of carbonyl (C=O) groups is 1. The van der Waals surface area contributed by atoms with Crippen molar-refractivity contribution in [2.75, 3.05) is 39.5 Å². The third-order valence-corrected chi connectivity index (χ3v) is 4.91. The van der Waals surface area contributed by atoms with E-state index in [2.05, 4.69) is 16.3 Å². The molecule has 0 unspecified atom stereocenters. The Morgan fingerprint density at radius 2 is 2.08 bits per heavy atom. The molecule has 6 nitrogen and oxygen atoms in total. The molecule has 0 saturated carbocycles. The average Bonchev–Trinajstić information content (AvgIpc) is 3.15. The van der Waals surface area contributed by atoms with Crippen LogP contribution in [0.15, 0.2) is 41.0 Å². The van der Waals surface area contributed by atoms with E-state index in [1.807, 2.05) is 24.3 Å². The summed E-state index contributed by atoms with van der Waals surface area (Å²) in [6.07, 6.45) is 2.46. The number of morpholine rings is 1. The molecule has 1 atom stereocenters. The maximum Gasteiger partial charge on any atom is 0.254 e. The van der Waals surface area contributed by atoms with Gasteiger partial charge in [-0.15, -0.1) is 0 Å². The van der Waals surface area contributed by atoms with E-state index < -0.39 is 0 Å². The smallest absolute Gasteiger partial charge is 0.254 e. The monoisotopic (exact) mass is 356 g/mol. The van der Waals surface area contributed by atoms with Crippen molar-refractivity contribution in [2.24, 2.45) is 5.92 Å². The highest BCUT2D eigenvalue weighted by Gasteiger charge is 2.21. The third-order valence-electron chi connectivity index (χ3n) is 4.91. The van der Waals surface area contributed by atoms with Crippen LogP contribution in [0.2, 0.25) is 0 Å². The molecule has 138 valence electrons. The van der Waals surface area contributed by atoms with Gasteiger partial charge in [-0.1, -0.05) is 18.2 Å². The highest BCUT2D eigenvalue weighted by atomic mass is 16.5. The normalized spacial score (nSPS) is 20.2. The van der Waals surface area contributed by atoms with Crippen molar-refractivity contribution in [2.45, 2.75) is 13.0 Å². The molecule has 2 aliphatic heterocycles. The number of rotatable bonds is 5. The maximum atomic E-state index is 12.4. The quantitative estimate of drug-likeness (QED) is 0.889. The van der Waals surface area contributed by atoms with Crippen molar-refractivity contribution in [1.29, 1.82) is 0 Å². The van der Waals surface area contributed by atoms with Crippen LogP contribution in [0.25, 0.3) is 0 Å². The third kappa shape index (κ3) is 4.08. The fraction of sp³-hybridized carbons (Fsp3) is 0.450. The topological polar surface area (TPSA) is 63.9 Å². The number of nitrogens with one attached hydrogen (secondary N) is 1. The van der Waals surface area contributed by atoms with Gasteiger partial charge in [-0.2, -0.15) is 0 Å². The van der Waals surface area contributed by atoms with Gasteiger partial charge < -0.3 is 19.2 Å². The number of benzene rings is 1. The lowest BCUT2D eigenvalue weighted by Gasteiger charge is -2.25. The van der Waals surface area contributed by atoms with Gasteiger partial charge in [0.2, 0.25) is 0 Å². The van der Waals surface area contributed by atoms with Gasteiger partial charge in [0.15, 0.2) is 0 Å². The fourth-order valence-corrected chi connectivity index (χ4v) is 3.42.